The van der Waals surface area contributed by atoms with E-state index in [-0.39, 0.29) is 10.8 Å². The average Bonchev–Trinajstić information content (AvgIpc) is 2.30. The molecule has 0 saturated carbocycles. The Morgan fingerprint density at radius 3 is 2.53 bits per heavy atom. The number of benzene rings is 1. The van der Waals surface area contributed by atoms with Gasteiger partial charge in [0.05, 0.1) is 25.2 Å². The fraction of sp³-hybridized carbons (Fsp3) is 0.500. The average molecular weight is 298 g/mol. The highest BCUT2D eigenvalue weighted by Crippen LogP contribution is 2.37. The van der Waals surface area contributed by atoms with Crippen LogP contribution in [-0.2, 0) is 6.54 Å². The van der Waals surface area contributed by atoms with Crippen molar-refractivity contribution < 1.29 is 22.6 Å². The zero-order valence-electron chi connectivity index (χ0n) is 10.6. The number of nitrogens with one attached hydrogen (secondary N) is 1. The summed E-state index contributed by atoms with van der Waals surface area (Å²) in [4.78, 5) is 0. The molecule has 0 fully saturated rings. The second-order valence-electron chi connectivity index (χ2n) is 3.85. The van der Waals surface area contributed by atoms with E-state index in [9.17, 15) is 13.2 Å². The van der Waals surface area contributed by atoms with Gasteiger partial charge in [-0.25, -0.2) is 0 Å². The molecule has 1 N–H and O–H groups in total. The van der Waals surface area contributed by atoms with Crippen LogP contribution in [0.4, 0.5) is 13.2 Å². The Kier molecular flexibility index (Phi) is 5.75. The van der Waals surface area contributed by atoms with Gasteiger partial charge in [-0.2, -0.15) is 13.2 Å². The van der Waals surface area contributed by atoms with Crippen molar-refractivity contribution in [1.82, 2.24) is 5.32 Å². The van der Waals surface area contributed by atoms with E-state index >= 15 is 0 Å². The molecule has 0 aromatic heterocycles. The first kappa shape index (κ1) is 15.9. The summed E-state index contributed by atoms with van der Waals surface area (Å²) in [5.41, 5.74) is 0.854. The molecule has 0 heterocycles. The van der Waals surface area contributed by atoms with Gasteiger partial charge in [-0.1, -0.05) is 11.6 Å². The van der Waals surface area contributed by atoms with Gasteiger partial charge in [-0.05, 0) is 24.7 Å². The third kappa shape index (κ3) is 5.16. The summed E-state index contributed by atoms with van der Waals surface area (Å²) in [6.07, 6.45) is -5.30. The van der Waals surface area contributed by atoms with E-state index < -0.39 is 19.2 Å². The topological polar surface area (TPSA) is 30.5 Å². The molecule has 19 heavy (non-hydrogen) atoms. The van der Waals surface area contributed by atoms with Crippen LogP contribution in [0.2, 0.25) is 5.02 Å². The van der Waals surface area contributed by atoms with Gasteiger partial charge in [0.25, 0.3) is 0 Å². The van der Waals surface area contributed by atoms with Gasteiger partial charge in [0.1, 0.15) is 0 Å². The molecule has 0 spiro atoms. The minimum Gasteiger partial charge on any atom is -0.493 e. The third-order valence-electron chi connectivity index (χ3n) is 2.30. The monoisotopic (exact) mass is 297 g/mol. The van der Waals surface area contributed by atoms with Gasteiger partial charge in [-0.15, -0.1) is 0 Å². The molecule has 0 atom stereocenters. The highest BCUT2D eigenvalue weighted by atomic mass is 35.5. The maximum absolute atomic E-state index is 12.1. The Bertz CT molecular complexity index is 424. The smallest absolute Gasteiger partial charge is 0.392 e. The first-order chi connectivity index (χ1) is 8.87. The Morgan fingerprint density at radius 2 is 2.00 bits per heavy atom. The van der Waals surface area contributed by atoms with Gasteiger partial charge >= 0.3 is 6.18 Å². The maximum atomic E-state index is 12.1. The van der Waals surface area contributed by atoms with E-state index in [2.05, 4.69) is 5.32 Å². The van der Waals surface area contributed by atoms with Gasteiger partial charge in [0.15, 0.2) is 11.5 Å². The molecule has 0 aliphatic heterocycles. The van der Waals surface area contributed by atoms with Crippen LogP contribution in [0.3, 0.4) is 0 Å². The van der Waals surface area contributed by atoms with Crippen molar-refractivity contribution in [2.75, 3.05) is 20.8 Å². The molecule has 1 aromatic carbocycles. The number of methoxy groups -OCH3 is 1. The molecule has 0 unspecified atom stereocenters. The Balaban J connectivity index is 2.82. The lowest BCUT2D eigenvalue weighted by Crippen LogP contribution is -2.13. The van der Waals surface area contributed by atoms with Crippen LogP contribution in [0.5, 0.6) is 11.5 Å². The minimum absolute atomic E-state index is 0.133. The number of alkyl halides is 3. The molecule has 1 aromatic rings. The van der Waals surface area contributed by atoms with E-state index in [0.29, 0.717) is 12.3 Å². The normalized spacial score (nSPS) is 11.5. The third-order valence-corrected chi connectivity index (χ3v) is 2.58. The molecule has 3 nitrogen and oxygen atoms in total. The highest BCUT2D eigenvalue weighted by molar-refractivity contribution is 6.32. The van der Waals surface area contributed by atoms with Gasteiger partial charge < -0.3 is 14.8 Å². The Labute approximate surface area is 114 Å². The molecule has 0 radical (unpaired) electrons. The number of rotatable bonds is 6. The predicted octanol–water partition coefficient (Wildman–Crippen LogP) is 3.40. The second kappa shape index (κ2) is 6.86. The second-order valence-corrected chi connectivity index (χ2v) is 4.26. The number of halogens is 4. The van der Waals surface area contributed by atoms with Crippen molar-refractivity contribution in [2.45, 2.75) is 19.1 Å². The molecule has 0 aliphatic rings. The summed E-state index contributed by atoms with van der Waals surface area (Å²) in [5.74, 6) is 0.452. The van der Waals surface area contributed by atoms with Crippen molar-refractivity contribution in [1.29, 1.82) is 0 Å². The molecular weight excluding hydrogens is 283 g/mol. The zero-order valence-corrected chi connectivity index (χ0v) is 11.4. The first-order valence-corrected chi connectivity index (χ1v) is 5.95. The number of hydrogen-bond donors (Lipinski definition) is 1. The van der Waals surface area contributed by atoms with Crippen molar-refractivity contribution in [3.63, 3.8) is 0 Å². The molecule has 0 aliphatic carbocycles. The van der Waals surface area contributed by atoms with Crippen LogP contribution in [-0.4, -0.2) is 26.9 Å². The van der Waals surface area contributed by atoms with E-state index in [0.717, 1.165) is 5.56 Å². The molecule has 108 valence electrons. The zero-order chi connectivity index (χ0) is 14.5. The lowest BCUT2D eigenvalue weighted by atomic mass is 10.2. The van der Waals surface area contributed by atoms with Crippen molar-refractivity contribution in [3.8, 4) is 11.5 Å². The summed E-state index contributed by atoms with van der Waals surface area (Å²) < 4.78 is 46.3. The summed E-state index contributed by atoms with van der Waals surface area (Å²) >= 11 is 5.99. The van der Waals surface area contributed by atoms with E-state index in [1.807, 2.05) is 0 Å². The SMILES string of the molecule is CNCc1cc(Cl)c(OCCC(F)(F)F)c(OC)c1. The van der Waals surface area contributed by atoms with Crippen LogP contribution in [0.1, 0.15) is 12.0 Å². The van der Waals surface area contributed by atoms with Gasteiger partial charge in [0, 0.05) is 6.54 Å². The van der Waals surface area contributed by atoms with E-state index in [4.69, 9.17) is 21.1 Å². The van der Waals surface area contributed by atoms with Crippen LogP contribution in [0.25, 0.3) is 0 Å². The Hall–Kier alpha value is -1.14. The molecule has 7 heteroatoms. The summed E-state index contributed by atoms with van der Waals surface area (Å²) in [6, 6.07) is 3.30. The summed E-state index contributed by atoms with van der Waals surface area (Å²) in [7, 11) is 3.18. The fourth-order valence-electron chi connectivity index (χ4n) is 1.49. The lowest BCUT2D eigenvalue weighted by Gasteiger charge is -2.14. The Morgan fingerprint density at radius 1 is 1.32 bits per heavy atom. The van der Waals surface area contributed by atoms with Gasteiger partial charge in [0.2, 0.25) is 0 Å². The van der Waals surface area contributed by atoms with E-state index in [1.165, 1.54) is 7.11 Å². The molecular formula is C12H15ClF3NO2. The fourth-order valence-corrected chi connectivity index (χ4v) is 1.78. The van der Waals surface area contributed by atoms with Crippen molar-refractivity contribution >= 4 is 11.6 Å². The summed E-state index contributed by atoms with van der Waals surface area (Å²) in [6.45, 7) is 0.0733. The first-order valence-electron chi connectivity index (χ1n) is 5.58. The number of ether oxygens (including phenoxy) is 2. The minimum atomic E-state index is -4.26. The molecule has 1 rings (SSSR count). The number of hydrogen-bond acceptors (Lipinski definition) is 3. The quantitative estimate of drug-likeness (QED) is 0.873. The van der Waals surface area contributed by atoms with Crippen LogP contribution in [0, 0.1) is 0 Å². The van der Waals surface area contributed by atoms with Crippen LogP contribution >= 0.6 is 11.6 Å². The van der Waals surface area contributed by atoms with Gasteiger partial charge in [-0.3, -0.25) is 0 Å². The lowest BCUT2D eigenvalue weighted by molar-refractivity contribution is -0.139. The standard InChI is InChI=1S/C12H15ClF3NO2/c1-17-7-8-5-9(13)11(10(6-8)18-2)19-4-3-12(14,15)16/h5-6,17H,3-4,7H2,1-2H3. The van der Waals surface area contributed by atoms with E-state index in [1.54, 1.807) is 19.2 Å². The molecule has 0 bridgehead atoms. The summed E-state index contributed by atoms with van der Waals surface area (Å²) in [5, 5.41) is 3.17. The molecule has 0 amide bonds. The maximum Gasteiger partial charge on any atom is 0.392 e. The van der Waals surface area contributed by atoms with Crippen molar-refractivity contribution in [3.05, 3.63) is 22.7 Å². The van der Waals surface area contributed by atoms with Crippen molar-refractivity contribution in [2.24, 2.45) is 0 Å². The van der Waals surface area contributed by atoms with Crippen LogP contribution < -0.4 is 14.8 Å². The van der Waals surface area contributed by atoms with Crippen LogP contribution in [0.15, 0.2) is 12.1 Å². The molecule has 0 saturated heterocycles. The largest absolute Gasteiger partial charge is 0.493 e. The predicted molar refractivity (Wildman–Crippen MR) is 66.9 cm³/mol. The highest BCUT2D eigenvalue weighted by Gasteiger charge is 2.27.